The lowest BCUT2D eigenvalue weighted by atomic mass is 9.84. The molecule has 2 atom stereocenters. The second-order valence-electron chi connectivity index (χ2n) is 7.33. The molecule has 0 aromatic heterocycles. The average molecular weight is 325 g/mol. The van der Waals surface area contributed by atoms with E-state index in [1.807, 2.05) is 0 Å². The molecule has 2 aromatic carbocycles. The van der Waals surface area contributed by atoms with Gasteiger partial charge in [-0.05, 0) is 67.1 Å². The quantitative estimate of drug-likeness (QED) is 0.769. The Kier molecular flexibility index (Phi) is 4.47. The van der Waals surface area contributed by atoms with Crippen molar-refractivity contribution in [3.8, 4) is 5.75 Å². The molecule has 4 rings (SSSR count). The van der Waals surface area contributed by atoms with Crippen LogP contribution in [-0.4, -0.2) is 44.4 Å². The van der Waals surface area contributed by atoms with E-state index >= 15 is 0 Å². The molecule has 0 N–H and O–H groups in total. The molecule has 2 unspecified atom stereocenters. The van der Waals surface area contributed by atoms with Gasteiger partial charge in [0.1, 0.15) is 12.4 Å². The van der Waals surface area contributed by atoms with Gasteiger partial charge in [-0.15, -0.1) is 0 Å². The maximum absolute atomic E-state index is 5.72. The molecule has 3 nitrogen and oxygen atoms in total. The van der Waals surface area contributed by atoms with Crippen molar-refractivity contribution in [1.82, 2.24) is 4.90 Å². The molecule has 24 heavy (non-hydrogen) atoms. The van der Waals surface area contributed by atoms with Gasteiger partial charge < -0.3 is 14.4 Å². The van der Waals surface area contributed by atoms with Crippen molar-refractivity contribution < 1.29 is 9.47 Å². The van der Waals surface area contributed by atoms with Gasteiger partial charge in [-0.3, -0.25) is 0 Å². The van der Waals surface area contributed by atoms with Crippen LogP contribution >= 0.6 is 0 Å². The van der Waals surface area contributed by atoms with Crippen molar-refractivity contribution in [2.24, 2.45) is 0 Å². The summed E-state index contributed by atoms with van der Waals surface area (Å²) in [6, 6.07) is 15.0. The van der Waals surface area contributed by atoms with Crippen LogP contribution in [0.15, 0.2) is 36.4 Å². The summed E-state index contributed by atoms with van der Waals surface area (Å²) in [7, 11) is 4.00. The molecular weight excluding hydrogens is 298 g/mol. The van der Waals surface area contributed by atoms with Gasteiger partial charge in [0.2, 0.25) is 0 Å². The van der Waals surface area contributed by atoms with Crippen molar-refractivity contribution in [3.05, 3.63) is 42.0 Å². The van der Waals surface area contributed by atoms with Crippen LogP contribution in [0, 0.1) is 0 Å². The Morgan fingerprint density at radius 3 is 2.42 bits per heavy atom. The van der Waals surface area contributed by atoms with Crippen LogP contribution in [0.4, 0.5) is 0 Å². The van der Waals surface area contributed by atoms with E-state index in [4.69, 9.17) is 9.47 Å². The highest BCUT2D eigenvalue weighted by Crippen LogP contribution is 2.42. The van der Waals surface area contributed by atoms with Gasteiger partial charge in [0, 0.05) is 19.2 Å². The van der Waals surface area contributed by atoms with E-state index in [9.17, 15) is 0 Å². The zero-order valence-corrected chi connectivity index (χ0v) is 14.7. The van der Waals surface area contributed by atoms with Crippen LogP contribution in [0.5, 0.6) is 5.75 Å². The number of fused-ring (bicyclic) bond motifs is 3. The van der Waals surface area contributed by atoms with Crippen molar-refractivity contribution in [1.29, 1.82) is 0 Å². The summed E-state index contributed by atoms with van der Waals surface area (Å²) in [5, 5.41) is 2.57. The molecular formula is C21H27NO2. The summed E-state index contributed by atoms with van der Waals surface area (Å²) in [4.78, 5) is 2.61. The van der Waals surface area contributed by atoms with Crippen molar-refractivity contribution >= 4 is 10.8 Å². The Hall–Kier alpha value is -1.58. The highest BCUT2D eigenvalue weighted by Gasteiger charge is 2.38. The Morgan fingerprint density at radius 1 is 0.958 bits per heavy atom. The van der Waals surface area contributed by atoms with Crippen molar-refractivity contribution in [2.75, 3.05) is 27.4 Å². The zero-order valence-electron chi connectivity index (χ0n) is 14.7. The maximum Gasteiger partial charge on any atom is 0.120 e. The molecule has 2 aromatic rings. The molecule has 0 spiro atoms. The molecule has 2 aliphatic heterocycles. The molecule has 0 aliphatic carbocycles. The minimum absolute atomic E-state index is 0.596. The zero-order chi connectivity index (χ0) is 16.5. The molecule has 2 bridgehead atoms. The number of rotatable bonds is 5. The van der Waals surface area contributed by atoms with Gasteiger partial charge in [-0.2, -0.15) is 0 Å². The summed E-state index contributed by atoms with van der Waals surface area (Å²) >= 11 is 0. The lowest BCUT2D eigenvalue weighted by Gasteiger charge is -2.36. The van der Waals surface area contributed by atoms with E-state index in [0.717, 1.165) is 23.8 Å². The van der Waals surface area contributed by atoms with Crippen LogP contribution in [-0.2, 0) is 4.74 Å². The number of hydrogen-bond donors (Lipinski definition) is 0. The molecule has 2 fully saturated rings. The molecule has 3 heteroatoms. The SMILES string of the molecule is COCCOc1ccc2cc(C3CC4CCC(C3)N4C)ccc2c1. The van der Waals surface area contributed by atoms with E-state index in [2.05, 4.69) is 48.3 Å². The van der Waals surface area contributed by atoms with Crippen LogP contribution < -0.4 is 4.74 Å². The van der Waals surface area contributed by atoms with Gasteiger partial charge in [0.05, 0.1) is 6.61 Å². The largest absolute Gasteiger partial charge is 0.491 e. The first-order valence-electron chi connectivity index (χ1n) is 9.12. The third-order valence-electron chi connectivity index (χ3n) is 5.96. The van der Waals surface area contributed by atoms with E-state index in [1.54, 1.807) is 7.11 Å². The predicted octanol–water partition coefficient (Wildman–Crippen LogP) is 4.21. The summed E-state index contributed by atoms with van der Waals surface area (Å²) in [5.41, 5.74) is 1.51. The fourth-order valence-corrected chi connectivity index (χ4v) is 4.51. The minimum atomic E-state index is 0.596. The van der Waals surface area contributed by atoms with Gasteiger partial charge in [0.25, 0.3) is 0 Å². The summed E-state index contributed by atoms with van der Waals surface area (Å²) < 4.78 is 10.8. The highest BCUT2D eigenvalue weighted by atomic mass is 16.5. The number of piperidine rings is 1. The van der Waals surface area contributed by atoms with Crippen molar-refractivity contribution in [2.45, 2.75) is 43.7 Å². The van der Waals surface area contributed by atoms with E-state index in [0.29, 0.717) is 13.2 Å². The van der Waals surface area contributed by atoms with Crippen molar-refractivity contribution in [3.63, 3.8) is 0 Å². The Labute approximate surface area is 144 Å². The molecule has 0 saturated carbocycles. The summed E-state index contributed by atoms with van der Waals surface area (Å²) in [6.07, 6.45) is 5.40. The highest BCUT2D eigenvalue weighted by molar-refractivity contribution is 5.84. The Morgan fingerprint density at radius 2 is 1.67 bits per heavy atom. The summed E-state index contributed by atoms with van der Waals surface area (Å²) in [5.74, 6) is 1.64. The smallest absolute Gasteiger partial charge is 0.120 e. The fraction of sp³-hybridized carbons (Fsp3) is 0.524. The monoisotopic (exact) mass is 325 g/mol. The molecule has 2 aliphatic rings. The van der Waals surface area contributed by atoms with Gasteiger partial charge in [0.15, 0.2) is 0 Å². The van der Waals surface area contributed by atoms with Crippen LogP contribution in [0.3, 0.4) is 0 Å². The molecule has 128 valence electrons. The van der Waals surface area contributed by atoms with Gasteiger partial charge in [-0.1, -0.05) is 24.3 Å². The van der Waals surface area contributed by atoms with Crippen LogP contribution in [0.1, 0.15) is 37.2 Å². The average Bonchev–Trinajstić information content (AvgIpc) is 2.82. The molecule has 2 saturated heterocycles. The minimum Gasteiger partial charge on any atom is -0.491 e. The molecule has 2 heterocycles. The number of nitrogens with zero attached hydrogens (tertiary/aromatic N) is 1. The Bertz CT molecular complexity index is 700. The lowest BCUT2D eigenvalue weighted by Crippen LogP contribution is -2.39. The third-order valence-corrected chi connectivity index (χ3v) is 5.96. The number of hydrogen-bond acceptors (Lipinski definition) is 3. The predicted molar refractivity (Wildman–Crippen MR) is 97.9 cm³/mol. The van der Waals surface area contributed by atoms with Gasteiger partial charge >= 0.3 is 0 Å². The fourth-order valence-electron chi connectivity index (χ4n) is 4.51. The number of methoxy groups -OCH3 is 1. The third kappa shape index (κ3) is 3.03. The van der Waals surface area contributed by atoms with Crippen LogP contribution in [0.2, 0.25) is 0 Å². The standard InChI is InChI=1S/C21H27NO2/c1-22-19-6-7-20(22)13-18(12-19)16-3-4-17-14-21(24-10-9-23-2)8-5-15(17)11-16/h3-5,8,11,14,18-20H,6-7,9-10,12-13H2,1-2H3. The maximum atomic E-state index is 5.72. The first kappa shape index (κ1) is 15.9. The first-order chi connectivity index (χ1) is 11.7. The second kappa shape index (κ2) is 6.73. The second-order valence-corrected chi connectivity index (χ2v) is 7.33. The van der Waals surface area contributed by atoms with E-state index in [1.165, 1.54) is 42.0 Å². The molecule has 0 amide bonds. The molecule has 0 radical (unpaired) electrons. The topological polar surface area (TPSA) is 21.7 Å². The Balaban J connectivity index is 1.52. The first-order valence-corrected chi connectivity index (χ1v) is 9.12. The van der Waals surface area contributed by atoms with Gasteiger partial charge in [-0.25, -0.2) is 0 Å². The van der Waals surface area contributed by atoms with E-state index in [-0.39, 0.29) is 0 Å². The number of ether oxygens (including phenoxy) is 2. The normalized spacial score (nSPS) is 26.8. The number of benzene rings is 2. The lowest BCUT2D eigenvalue weighted by molar-refractivity contribution is 0.146. The van der Waals surface area contributed by atoms with E-state index < -0.39 is 0 Å². The van der Waals surface area contributed by atoms with Crippen LogP contribution in [0.25, 0.3) is 10.8 Å². The summed E-state index contributed by atoms with van der Waals surface area (Å²) in [6.45, 7) is 1.22.